The van der Waals surface area contributed by atoms with Crippen LogP contribution in [0.5, 0.6) is 5.75 Å². The third-order valence-electron chi connectivity index (χ3n) is 3.48. The summed E-state index contributed by atoms with van der Waals surface area (Å²) < 4.78 is 50.7. The van der Waals surface area contributed by atoms with Crippen LogP contribution in [0, 0.1) is 5.82 Å². The van der Waals surface area contributed by atoms with Gasteiger partial charge in [0.05, 0.1) is 18.3 Å². The molecule has 0 saturated carbocycles. The van der Waals surface area contributed by atoms with Crippen LogP contribution in [0.3, 0.4) is 0 Å². The van der Waals surface area contributed by atoms with Gasteiger partial charge in [0, 0.05) is 11.4 Å². The number of nitrogens with one attached hydrogen (secondary N) is 1. The topological polar surface area (TPSA) is 85.6 Å². The van der Waals surface area contributed by atoms with Gasteiger partial charge in [-0.15, -0.1) is 11.3 Å². The molecule has 3 rings (SSSR count). The zero-order valence-electron chi connectivity index (χ0n) is 13.6. The Morgan fingerprint density at radius 3 is 2.77 bits per heavy atom. The van der Waals surface area contributed by atoms with Crippen molar-refractivity contribution >= 4 is 27.1 Å². The lowest BCUT2D eigenvalue weighted by atomic mass is 10.2. The maximum atomic E-state index is 13.4. The van der Waals surface area contributed by atoms with Gasteiger partial charge in [-0.1, -0.05) is 0 Å². The fourth-order valence-corrected chi connectivity index (χ4v) is 4.40. The van der Waals surface area contributed by atoms with E-state index in [0.717, 1.165) is 23.5 Å². The standard InChI is InChI=1S/C17H14FNO5S2/c1-23-13-6-4-11(18)9-16(13)26(21,22)19-10-12-5-7-15(25-12)17(20)14-3-2-8-24-14/h2-9,19H,10H2,1H3. The van der Waals surface area contributed by atoms with E-state index < -0.39 is 15.8 Å². The monoisotopic (exact) mass is 395 g/mol. The van der Waals surface area contributed by atoms with Crippen LogP contribution in [-0.2, 0) is 16.6 Å². The highest BCUT2D eigenvalue weighted by atomic mass is 32.2. The van der Waals surface area contributed by atoms with E-state index in [2.05, 4.69) is 4.72 Å². The van der Waals surface area contributed by atoms with E-state index in [1.165, 1.54) is 19.4 Å². The van der Waals surface area contributed by atoms with E-state index in [1.54, 1.807) is 24.3 Å². The number of methoxy groups -OCH3 is 1. The van der Waals surface area contributed by atoms with Gasteiger partial charge in [0.25, 0.3) is 0 Å². The van der Waals surface area contributed by atoms with Crippen molar-refractivity contribution in [2.45, 2.75) is 11.4 Å². The molecular formula is C17H14FNO5S2. The molecule has 9 heteroatoms. The van der Waals surface area contributed by atoms with Crippen molar-refractivity contribution < 1.29 is 26.8 Å². The number of halogens is 1. The normalized spacial score (nSPS) is 11.5. The SMILES string of the molecule is COc1ccc(F)cc1S(=O)(=O)NCc1ccc(C(=O)c2ccco2)s1. The Labute approximate surface area is 153 Å². The predicted octanol–water partition coefficient (Wildman–Crippen LogP) is 3.20. The molecular weight excluding hydrogens is 381 g/mol. The minimum atomic E-state index is -3.99. The maximum absolute atomic E-state index is 13.4. The summed E-state index contributed by atoms with van der Waals surface area (Å²) in [7, 11) is -2.69. The lowest BCUT2D eigenvalue weighted by Gasteiger charge is -2.10. The van der Waals surface area contributed by atoms with Gasteiger partial charge in [-0.2, -0.15) is 0 Å². The summed E-state index contributed by atoms with van der Waals surface area (Å²) >= 11 is 1.15. The second kappa shape index (κ2) is 7.40. The van der Waals surface area contributed by atoms with E-state index >= 15 is 0 Å². The van der Waals surface area contributed by atoms with Crippen LogP contribution in [0.2, 0.25) is 0 Å². The number of sulfonamides is 1. The summed E-state index contributed by atoms with van der Waals surface area (Å²) in [4.78, 5) is 12.9. The molecule has 0 spiro atoms. The first-order valence-corrected chi connectivity index (χ1v) is 9.71. The molecule has 2 heterocycles. The van der Waals surface area contributed by atoms with Gasteiger partial charge in [-0.05, 0) is 42.5 Å². The first kappa shape index (κ1) is 18.3. The molecule has 1 N–H and O–H groups in total. The number of rotatable bonds is 7. The molecule has 0 fully saturated rings. The molecule has 0 unspecified atom stereocenters. The molecule has 26 heavy (non-hydrogen) atoms. The highest BCUT2D eigenvalue weighted by Crippen LogP contribution is 2.25. The molecule has 0 aliphatic heterocycles. The summed E-state index contributed by atoms with van der Waals surface area (Å²) in [6, 6.07) is 9.66. The third kappa shape index (κ3) is 3.85. The molecule has 6 nitrogen and oxygen atoms in total. The van der Waals surface area contributed by atoms with Gasteiger partial charge >= 0.3 is 0 Å². The predicted molar refractivity (Wildman–Crippen MR) is 93.4 cm³/mol. The second-order valence-electron chi connectivity index (χ2n) is 5.19. The molecule has 2 aromatic heterocycles. The van der Waals surface area contributed by atoms with Crippen molar-refractivity contribution in [3.8, 4) is 5.75 Å². The number of hydrogen-bond donors (Lipinski definition) is 1. The van der Waals surface area contributed by atoms with Crippen molar-refractivity contribution in [1.29, 1.82) is 0 Å². The van der Waals surface area contributed by atoms with Crippen molar-refractivity contribution in [3.63, 3.8) is 0 Å². The van der Waals surface area contributed by atoms with Gasteiger partial charge in [0.2, 0.25) is 15.8 Å². The smallest absolute Gasteiger partial charge is 0.244 e. The molecule has 0 aliphatic rings. The fraction of sp³-hybridized carbons (Fsp3) is 0.118. The quantitative estimate of drug-likeness (QED) is 0.621. The number of hydrogen-bond acceptors (Lipinski definition) is 6. The first-order valence-electron chi connectivity index (χ1n) is 7.41. The fourth-order valence-electron chi connectivity index (χ4n) is 2.23. The summed E-state index contributed by atoms with van der Waals surface area (Å²) in [5.74, 6) is -0.711. The minimum absolute atomic E-state index is 0.0405. The van der Waals surface area contributed by atoms with Gasteiger partial charge < -0.3 is 9.15 Å². The average Bonchev–Trinajstić information content (AvgIpc) is 3.31. The number of carbonyl (C=O) groups is 1. The Hall–Kier alpha value is -2.49. The van der Waals surface area contributed by atoms with Crippen molar-refractivity contribution in [2.75, 3.05) is 7.11 Å². The minimum Gasteiger partial charge on any atom is -0.495 e. The highest BCUT2D eigenvalue weighted by molar-refractivity contribution is 7.89. The summed E-state index contributed by atoms with van der Waals surface area (Å²) in [6.45, 7) is -0.0435. The number of benzene rings is 1. The van der Waals surface area contributed by atoms with E-state index in [1.807, 2.05) is 0 Å². The third-order valence-corrected chi connectivity index (χ3v) is 5.99. The van der Waals surface area contributed by atoms with Crippen molar-refractivity contribution in [3.05, 3.63) is 70.1 Å². The number of thiophene rings is 1. The Kier molecular flexibility index (Phi) is 5.21. The number of ketones is 1. The summed E-state index contributed by atoms with van der Waals surface area (Å²) in [5.41, 5.74) is 0. The Morgan fingerprint density at radius 1 is 1.27 bits per heavy atom. The number of furan rings is 1. The Bertz CT molecular complexity index is 1030. The second-order valence-corrected chi connectivity index (χ2v) is 8.10. The molecule has 136 valence electrons. The van der Waals surface area contributed by atoms with Gasteiger partial charge in [-0.25, -0.2) is 17.5 Å². The molecule has 0 bridgehead atoms. The van der Waals surface area contributed by atoms with E-state index in [4.69, 9.17) is 9.15 Å². The number of ether oxygens (including phenoxy) is 1. The molecule has 0 aliphatic carbocycles. The van der Waals surface area contributed by atoms with E-state index in [0.29, 0.717) is 9.75 Å². The molecule has 0 radical (unpaired) electrons. The van der Waals surface area contributed by atoms with Crippen molar-refractivity contribution in [2.24, 2.45) is 0 Å². The van der Waals surface area contributed by atoms with Crippen LogP contribution in [0.15, 0.2) is 58.0 Å². The zero-order chi connectivity index (χ0) is 18.7. The van der Waals surface area contributed by atoms with Crippen LogP contribution >= 0.6 is 11.3 Å². The average molecular weight is 395 g/mol. The van der Waals surface area contributed by atoms with Crippen LogP contribution < -0.4 is 9.46 Å². The molecule has 3 aromatic rings. The lowest BCUT2D eigenvalue weighted by Crippen LogP contribution is -2.23. The molecule has 0 saturated heterocycles. The molecule has 1 aromatic carbocycles. The van der Waals surface area contributed by atoms with Gasteiger partial charge in [0.15, 0.2) is 5.76 Å². The summed E-state index contributed by atoms with van der Waals surface area (Å²) in [6.07, 6.45) is 1.41. The zero-order valence-corrected chi connectivity index (χ0v) is 15.2. The maximum Gasteiger partial charge on any atom is 0.244 e. The van der Waals surface area contributed by atoms with Crippen LogP contribution in [0.25, 0.3) is 0 Å². The molecule has 0 atom stereocenters. The summed E-state index contributed by atoms with van der Waals surface area (Å²) in [5, 5.41) is 0. The number of carbonyl (C=O) groups excluding carboxylic acids is 1. The highest BCUT2D eigenvalue weighted by Gasteiger charge is 2.21. The van der Waals surface area contributed by atoms with E-state index in [-0.39, 0.29) is 28.7 Å². The van der Waals surface area contributed by atoms with Crippen LogP contribution in [0.4, 0.5) is 4.39 Å². The first-order chi connectivity index (χ1) is 12.4. The Morgan fingerprint density at radius 2 is 2.08 bits per heavy atom. The largest absolute Gasteiger partial charge is 0.495 e. The van der Waals surface area contributed by atoms with Crippen molar-refractivity contribution in [1.82, 2.24) is 4.72 Å². The molecule has 0 amide bonds. The van der Waals surface area contributed by atoms with Gasteiger partial charge in [0.1, 0.15) is 16.5 Å². The lowest BCUT2D eigenvalue weighted by molar-refractivity contribution is 0.101. The van der Waals surface area contributed by atoms with Crippen LogP contribution in [-0.4, -0.2) is 21.3 Å². The van der Waals surface area contributed by atoms with Gasteiger partial charge in [-0.3, -0.25) is 4.79 Å². The van der Waals surface area contributed by atoms with E-state index in [9.17, 15) is 17.6 Å². The van der Waals surface area contributed by atoms with Crippen LogP contribution in [0.1, 0.15) is 20.3 Å². The Balaban J connectivity index is 1.75.